The number of imidazole rings is 1. The van der Waals surface area contributed by atoms with Crippen molar-refractivity contribution < 1.29 is 13.4 Å². The largest absolute Gasteiger partial charge is 0.337 e. The normalized spacial score (nSPS) is 20.3. The van der Waals surface area contributed by atoms with Crippen LogP contribution < -0.4 is 9.62 Å². The molecule has 0 radical (unpaired) electrons. The smallest absolute Gasteiger partial charge is 0.231 e. The number of aryl methyl sites for hydroxylation is 2. The van der Waals surface area contributed by atoms with E-state index in [2.05, 4.69) is 15.8 Å². The molecule has 1 saturated carbocycles. The van der Waals surface area contributed by atoms with Gasteiger partial charge >= 0.3 is 0 Å². The molecule has 2 aliphatic carbocycles. The van der Waals surface area contributed by atoms with Crippen LogP contribution in [0.25, 0.3) is 0 Å². The zero-order valence-electron chi connectivity index (χ0n) is 22.4. The van der Waals surface area contributed by atoms with Crippen LogP contribution in [0.15, 0.2) is 78.0 Å². The van der Waals surface area contributed by atoms with E-state index >= 15 is 0 Å². The van der Waals surface area contributed by atoms with Crippen molar-refractivity contribution in [1.29, 1.82) is 0 Å². The topological polar surface area (TPSA) is 67.2 Å². The molecule has 1 aromatic heterocycles. The van der Waals surface area contributed by atoms with E-state index in [-0.39, 0.29) is 28.8 Å². The molecule has 4 atom stereocenters. The molecular formula is C31H29Cl2FN4O2S. The summed E-state index contributed by atoms with van der Waals surface area (Å²) in [6.07, 6.45) is 7.01. The van der Waals surface area contributed by atoms with Crippen LogP contribution >= 0.6 is 23.2 Å². The molecule has 0 bridgehead atoms. The molecule has 0 saturated heterocycles. The van der Waals surface area contributed by atoms with Gasteiger partial charge in [-0.25, -0.2) is 18.3 Å². The summed E-state index contributed by atoms with van der Waals surface area (Å²) in [6, 6.07) is 17.7. The summed E-state index contributed by atoms with van der Waals surface area (Å²) >= 11 is 12.0. The Bertz CT molecular complexity index is 1630. The number of nitrogens with zero attached hydrogens (tertiary/aromatic N) is 3. The number of aromatic nitrogens is 2. The van der Waals surface area contributed by atoms with E-state index in [1.807, 2.05) is 59.1 Å². The Kier molecular flexibility index (Phi) is 8.01. The van der Waals surface area contributed by atoms with Gasteiger partial charge in [0, 0.05) is 42.1 Å². The first-order valence-electron chi connectivity index (χ1n) is 13.6. The summed E-state index contributed by atoms with van der Waals surface area (Å²) < 4.78 is 32.0. The molecule has 212 valence electrons. The lowest BCUT2D eigenvalue weighted by atomic mass is 9.87. The molecule has 1 amide bonds. The fraction of sp³-hybridized carbons (Fsp3) is 0.290. The van der Waals surface area contributed by atoms with Crippen LogP contribution in [0.4, 0.5) is 10.1 Å². The van der Waals surface area contributed by atoms with Gasteiger partial charge in [-0.2, -0.15) is 0 Å². The van der Waals surface area contributed by atoms with Gasteiger partial charge in [0.2, 0.25) is 5.91 Å². The van der Waals surface area contributed by atoms with Crippen molar-refractivity contribution in [3.05, 3.63) is 111 Å². The fourth-order valence-electron chi connectivity index (χ4n) is 5.60. The summed E-state index contributed by atoms with van der Waals surface area (Å²) in [5.41, 5.74) is 4.06. The first-order valence-corrected chi connectivity index (χ1v) is 15.5. The molecule has 1 heterocycles. The summed E-state index contributed by atoms with van der Waals surface area (Å²) in [5, 5.41) is 0.610. The Hall–Kier alpha value is -3.04. The van der Waals surface area contributed by atoms with Crippen LogP contribution in [0.1, 0.15) is 53.7 Å². The van der Waals surface area contributed by atoms with Crippen LogP contribution in [-0.4, -0.2) is 19.7 Å². The van der Waals surface area contributed by atoms with E-state index in [0.717, 1.165) is 53.9 Å². The lowest BCUT2D eigenvalue weighted by Crippen LogP contribution is -2.34. The number of hydrogen-bond acceptors (Lipinski definition) is 3. The van der Waals surface area contributed by atoms with Crippen LogP contribution in [0.2, 0.25) is 10.0 Å². The highest BCUT2D eigenvalue weighted by Crippen LogP contribution is 2.49. The number of anilines is 1. The van der Waals surface area contributed by atoms with Gasteiger partial charge in [-0.1, -0.05) is 41.4 Å². The Morgan fingerprint density at radius 2 is 1.95 bits per heavy atom. The lowest BCUT2D eigenvalue weighted by Gasteiger charge is -2.29. The summed E-state index contributed by atoms with van der Waals surface area (Å²) in [4.78, 5) is 20.7. The third kappa shape index (κ3) is 5.97. The summed E-state index contributed by atoms with van der Waals surface area (Å²) in [7, 11) is 0.328. The number of rotatable bonds is 8. The second kappa shape index (κ2) is 11.7. The third-order valence-electron chi connectivity index (χ3n) is 8.00. The highest BCUT2D eigenvalue weighted by molar-refractivity contribution is 7.83. The SMILES string of the molecule is Cn1ccnc1CN(C(=O)[C@H]1C[C@@H]1c1ccc(Cl)cc1)c1ccc2c(c1)[C@H](NS(=O)c1ccc(F)c(Cl)c1)CCC2. The predicted octanol–water partition coefficient (Wildman–Crippen LogP) is 6.89. The van der Waals surface area contributed by atoms with E-state index in [1.165, 1.54) is 18.2 Å². The van der Waals surface area contributed by atoms with Crippen LogP contribution in [0, 0.1) is 11.7 Å². The van der Waals surface area contributed by atoms with Gasteiger partial charge in [0.05, 0.1) is 16.5 Å². The van der Waals surface area contributed by atoms with Gasteiger partial charge in [-0.3, -0.25) is 4.79 Å². The highest BCUT2D eigenvalue weighted by atomic mass is 35.5. The van der Waals surface area contributed by atoms with Crippen LogP contribution in [0.5, 0.6) is 0 Å². The second-order valence-corrected chi connectivity index (χ2v) is 12.8. The maximum Gasteiger partial charge on any atom is 0.231 e. The fourth-order valence-corrected chi connectivity index (χ4v) is 7.03. The van der Waals surface area contributed by atoms with Crippen molar-refractivity contribution in [2.45, 2.75) is 49.1 Å². The van der Waals surface area contributed by atoms with Crippen molar-refractivity contribution >= 4 is 45.8 Å². The van der Waals surface area contributed by atoms with E-state index in [0.29, 0.717) is 16.5 Å². The van der Waals surface area contributed by atoms with E-state index < -0.39 is 16.8 Å². The zero-order valence-corrected chi connectivity index (χ0v) is 24.7. The quantitative estimate of drug-likeness (QED) is 0.236. The van der Waals surface area contributed by atoms with Gasteiger partial charge in [0.1, 0.15) is 22.6 Å². The molecule has 10 heteroatoms. The zero-order chi connectivity index (χ0) is 28.7. The first-order chi connectivity index (χ1) is 19.8. The Morgan fingerprint density at radius 3 is 2.68 bits per heavy atom. The summed E-state index contributed by atoms with van der Waals surface area (Å²) in [6.45, 7) is 0.336. The van der Waals surface area contributed by atoms with E-state index in [1.54, 1.807) is 6.20 Å². The van der Waals surface area contributed by atoms with Gasteiger partial charge in [0.25, 0.3) is 0 Å². The second-order valence-electron chi connectivity index (χ2n) is 10.7. The molecule has 0 aliphatic heterocycles. The number of amides is 1. The molecule has 4 aromatic rings. The number of hydrogen-bond donors (Lipinski definition) is 1. The molecule has 1 unspecified atom stereocenters. The minimum absolute atomic E-state index is 0.0535. The lowest BCUT2D eigenvalue weighted by molar-refractivity contribution is -0.120. The number of benzene rings is 3. The maximum absolute atomic E-state index is 14.0. The molecular weight excluding hydrogens is 582 g/mol. The highest BCUT2D eigenvalue weighted by Gasteiger charge is 2.46. The monoisotopic (exact) mass is 610 g/mol. The number of halogens is 3. The molecule has 2 aliphatic rings. The van der Waals surface area contributed by atoms with Gasteiger partial charge in [0.15, 0.2) is 0 Å². The van der Waals surface area contributed by atoms with Crippen molar-refractivity contribution in [3.8, 4) is 0 Å². The van der Waals surface area contributed by atoms with E-state index in [9.17, 15) is 13.4 Å². The number of fused-ring (bicyclic) bond motifs is 1. The summed E-state index contributed by atoms with van der Waals surface area (Å²) in [5.74, 6) is 0.311. The molecule has 1 fully saturated rings. The van der Waals surface area contributed by atoms with Gasteiger partial charge in [-0.05, 0) is 90.8 Å². The standard InChI is InChI=1S/C31H29Cl2FN4O2S/c1-37-14-13-35-30(37)18-38(31(39)26-17-24(26)20-5-8-21(32)9-6-20)22-10-7-19-3-2-4-29(25(19)15-22)36-41(40)23-11-12-28(34)27(33)16-23/h5-16,24,26,29,36H,2-4,17-18H2,1H3/t24-,26+,29-,41?/m1/s1. The van der Waals surface area contributed by atoms with Gasteiger partial charge < -0.3 is 9.47 Å². The molecule has 41 heavy (non-hydrogen) atoms. The average molecular weight is 612 g/mol. The van der Waals surface area contributed by atoms with Crippen molar-refractivity contribution in [2.24, 2.45) is 13.0 Å². The number of carbonyl (C=O) groups excluding carboxylic acids is 1. The van der Waals surface area contributed by atoms with Crippen molar-refractivity contribution in [2.75, 3.05) is 4.90 Å². The molecule has 3 aromatic carbocycles. The Labute approximate surface area is 251 Å². The van der Waals surface area contributed by atoms with Crippen LogP contribution in [0.3, 0.4) is 0 Å². The molecule has 0 spiro atoms. The maximum atomic E-state index is 14.0. The minimum Gasteiger partial charge on any atom is -0.337 e. The van der Waals surface area contributed by atoms with Crippen molar-refractivity contribution in [3.63, 3.8) is 0 Å². The van der Waals surface area contributed by atoms with Crippen LogP contribution in [-0.2, 0) is 35.8 Å². The minimum atomic E-state index is -1.59. The number of nitrogens with one attached hydrogen (secondary N) is 1. The molecule has 6 nitrogen and oxygen atoms in total. The van der Waals surface area contributed by atoms with Crippen molar-refractivity contribution in [1.82, 2.24) is 14.3 Å². The average Bonchev–Trinajstić information content (AvgIpc) is 3.67. The molecule has 6 rings (SSSR count). The first kappa shape index (κ1) is 28.1. The third-order valence-corrected chi connectivity index (χ3v) is 9.72. The van der Waals surface area contributed by atoms with E-state index in [4.69, 9.17) is 23.2 Å². The Balaban J connectivity index is 1.29. The predicted molar refractivity (Wildman–Crippen MR) is 160 cm³/mol. The van der Waals surface area contributed by atoms with Gasteiger partial charge in [-0.15, -0.1) is 0 Å². The molecule has 1 N–H and O–H groups in total. The Morgan fingerprint density at radius 1 is 1.15 bits per heavy atom. The number of carbonyl (C=O) groups is 1.